The van der Waals surface area contributed by atoms with E-state index in [4.69, 9.17) is 10.7 Å². The van der Waals surface area contributed by atoms with Gasteiger partial charge in [0.25, 0.3) is 5.56 Å². The number of thioether (sulfide) groups is 1. The van der Waals surface area contributed by atoms with Gasteiger partial charge < -0.3 is 10.6 Å². The van der Waals surface area contributed by atoms with Gasteiger partial charge in [-0.2, -0.15) is 15.0 Å². The van der Waals surface area contributed by atoms with E-state index in [1.807, 2.05) is 44.4 Å². The van der Waals surface area contributed by atoms with Gasteiger partial charge in [0, 0.05) is 19.0 Å². The Bertz CT molecular complexity index is 1350. The number of nitrogen functional groups attached to an aromatic ring is 1. The smallest absolute Gasteiger partial charge is 0.267 e. The Morgan fingerprint density at radius 2 is 1.88 bits per heavy atom. The molecule has 0 unspecified atom stereocenters. The second-order valence-electron chi connectivity index (χ2n) is 7.85. The van der Waals surface area contributed by atoms with Crippen LogP contribution in [0.3, 0.4) is 0 Å². The van der Waals surface area contributed by atoms with E-state index in [0.717, 1.165) is 35.2 Å². The van der Waals surface area contributed by atoms with Gasteiger partial charge in [-0.1, -0.05) is 30.0 Å². The van der Waals surface area contributed by atoms with E-state index in [1.54, 1.807) is 20.8 Å². The van der Waals surface area contributed by atoms with Crippen LogP contribution in [0.2, 0.25) is 0 Å². The minimum absolute atomic E-state index is 0.00718. The first-order chi connectivity index (χ1) is 15.5. The zero-order valence-corrected chi connectivity index (χ0v) is 19.5. The molecule has 164 valence electrons. The number of benzene rings is 1. The number of aromatic nitrogens is 5. The molecule has 5 rings (SSSR count). The van der Waals surface area contributed by atoms with E-state index in [-0.39, 0.29) is 11.5 Å². The number of fused-ring (bicyclic) bond motifs is 3. The molecule has 4 aromatic rings. The maximum Gasteiger partial charge on any atom is 0.267 e. The lowest BCUT2D eigenvalue weighted by Gasteiger charge is -2.14. The number of nitrogens with two attached hydrogens (primary N) is 1. The van der Waals surface area contributed by atoms with Crippen molar-refractivity contribution in [1.29, 1.82) is 0 Å². The normalized spacial score (nSPS) is 13.3. The first-order valence-electron chi connectivity index (χ1n) is 10.4. The molecule has 1 aliphatic rings. The van der Waals surface area contributed by atoms with Crippen molar-refractivity contribution in [3.8, 4) is 5.69 Å². The molecule has 0 amide bonds. The van der Waals surface area contributed by atoms with Gasteiger partial charge in [0.2, 0.25) is 11.9 Å². The van der Waals surface area contributed by atoms with E-state index in [1.165, 1.54) is 28.6 Å². The minimum Gasteiger partial charge on any atom is -0.368 e. The highest BCUT2D eigenvalue weighted by molar-refractivity contribution is 7.98. The van der Waals surface area contributed by atoms with Gasteiger partial charge in [0.1, 0.15) is 10.7 Å². The third-order valence-corrected chi connectivity index (χ3v) is 7.51. The Balaban J connectivity index is 1.61. The second kappa shape index (κ2) is 8.51. The fourth-order valence-electron chi connectivity index (χ4n) is 3.91. The average Bonchev–Trinajstić information content (AvgIpc) is 3.16. The summed E-state index contributed by atoms with van der Waals surface area (Å²) in [5, 5.41) is 1.40. The van der Waals surface area contributed by atoms with E-state index < -0.39 is 0 Å². The quantitative estimate of drug-likeness (QED) is 0.353. The van der Waals surface area contributed by atoms with Crippen LogP contribution >= 0.6 is 23.1 Å². The lowest BCUT2D eigenvalue weighted by Crippen LogP contribution is -2.22. The van der Waals surface area contributed by atoms with Crippen molar-refractivity contribution < 1.29 is 0 Å². The maximum atomic E-state index is 13.7. The molecule has 0 bridgehead atoms. The molecule has 0 fully saturated rings. The molecular weight excluding hydrogens is 442 g/mol. The topological polar surface area (TPSA) is 103 Å². The van der Waals surface area contributed by atoms with Crippen LogP contribution in [0.4, 0.5) is 11.9 Å². The summed E-state index contributed by atoms with van der Waals surface area (Å²) in [5.74, 6) is 1.64. The number of hydrogen-bond donors (Lipinski definition) is 1. The summed E-state index contributed by atoms with van der Waals surface area (Å²) >= 11 is 3.09. The van der Waals surface area contributed by atoms with Gasteiger partial charge in [0.05, 0.1) is 16.8 Å². The molecule has 3 heterocycles. The molecule has 0 radical (unpaired) electrons. The summed E-state index contributed by atoms with van der Waals surface area (Å²) in [6, 6.07) is 9.67. The molecule has 32 heavy (non-hydrogen) atoms. The van der Waals surface area contributed by atoms with Crippen molar-refractivity contribution in [3.63, 3.8) is 0 Å². The van der Waals surface area contributed by atoms with Crippen molar-refractivity contribution in [2.24, 2.45) is 0 Å². The maximum absolute atomic E-state index is 13.7. The highest BCUT2D eigenvalue weighted by Gasteiger charge is 2.23. The molecule has 0 spiro atoms. The summed E-state index contributed by atoms with van der Waals surface area (Å²) in [7, 11) is 3.71. The number of hydrogen-bond acceptors (Lipinski definition) is 9. The van der Waals surface area contributed by atoms with Crippen molar-refractivity contribution in [3.05, 3.63) is 57.0 Å². The van der Waals surface area contributed by atoms with Gasteiger partial charge in [0.15, 0.2) is 5.16 Å². The number of anilines is 2. The zero-order valence-electron chi connectivity index (χ0n) is 17.9. The number of thiophene rings is 1. The van der Waals surface area contributed by atoms with Crippen LogP contribution in [0.25, 0.3) is 15.9 Å². The molecule has 0 saturated carbocycles. The SMILES string of the molecule is CN(C)c1nc(N)nc(CSc2nc3sc4c(c3c(=O)n2-c2ccccc2)CCCC4)n1. The minimum atomic E-state index is -0.00718. The van der Waals surface area contributed by atoms with Crippen LogP contribution in [0.15, 0.2) is 40.3 Å². The van der Waals surface area contributed by atoms with Gasteiger partial charge in [-0.25, -0.2) is 4.98 Å². The van der Waals surface area contributed by atoms with Gasteiger partial charge in [-0.05, 0) is 43.4 Å². The van der Waals surface area contributed by atoms with Crippen LogP contribution in [0.1, 0.15) is 29.1 Å². The molecule has 3 aromatic heterocycles. The summed E-state index contributed by atoms with van der Waals surface area (Å²) in [5.41, 5.74) is 7.86. The van der Waals surface area contributed by atoms with Crippen LogP contribution in [0.5, 0.6) is 0 Å². The predicted molar refractivity (Wildman–Crippen MR) is 130 cm³/mol. The number of para-hydroxylation sites is 1. The molecule has 1 aliphatic carbocycles. The van der Waals surface area contributed by atoms with Gasteiger partial charge >= 0.3 is 0 Å². The molecule has 0 saturated heterocycles. The lowest BCUT2D eigenvalue weighted by molar-refractivity contribution is 0.699. The zero-order chi connectivity index (χ0) is 22.2. The van der Waals surface area contributed by atoms with Gasteiger partial charge in [-0.3, -0.25) is 9.36 Å². The van der Waals surface area contributed by atoms with E-state index in [2.05, 4.69) is 15.0 Å². The van der Waals surface area contributed by atoms with Crippen molar-refractivity contribution in [1.82, 2.24) is 24.5 Å². The second-order valence-corrected chi connectivity index (χ2v) is 9.88. The first-order valence-corrected chi connectivity index (χ1v) is 12.2. The lowest BCUT2D eigenvalue weighted by atomic mass is 9.97. The fraction of sp³-hybridized carbons (Fsp3) is 0.318. The molecule has 8 nitrogen and oxygen atoms in total. The fourth-order valence-corrected chi connectivity index (χ4v) is 6.08. The molecule has 1 aromatic carbocycles. The molecule has 0 aliphatic heterocycles. The van der Waals surface area contributed by atoms with Crippen molar-refractivity contribution in [2.45, 2.75) is 36.6 Å². The van der Waals surface area contributed by atoms with Crippen LogP contribution in [-0.4, -0.2) is 38.6 Å². The largest absolute Gasteiger partial charge is 0.368 e. The Labute approximate surface area is 193 Å². The monoisotopic (exact) mass is 465 g/mol. The highest BCUT2D eigenvalue weighted by atomic mass is 32.2. The van der Waals surface area contributed by atoms with Crippen LogP contribution in [-0.2, 0) is 18.6 Å². The third kappa shape index (κ3) is 3.84. The third-order valence-electron chi connectivity index (χ3n) is 5.39. The Morgan fingerprint density at radius 3 is 2.66 bits per heavy atom. The predicted octanol–water partition coefficient (Wildman–Crippen LogP) is 3.45. The Morgan fingerprint density at radius 1 is 1.09 bits per heavy atom. The Hall–Kier alpha value is -2.98. The number of rotatable bonds is 5. The summed E-state index contributed by atoms with van der Waals surface area (Å²) in [4.78, 5) is 35.5. The summed E-state index contributed by atoms with van der Waals surface area (Å²) in [6.45, 7) is 0. The van der Waals surface area contributed by atoms with E-state index in [9.17, 15) is 4.79 Å². The number of aryl methyl sites for hydroxylation is 2. The first kappa shape index (κ1) is 20.9. The summed E-state index contributed by atoms with van der Waals surface area (Å²) < 4.78 is 1.71. The van der Waals surface area contributed by atoms with E-state index >= 15 is 0 Å². The molecule has 2 N–H and O–H groups in total. The van der Waals surface area contributed by atoms with Crippen LogP contribution in [0, 0.1) is 0 Å². The van der Waals surface area contributed by atoms with E-state index in [0.29, 0.717) is 22.7 Å². The molecular formula is C22H23N7OS2. The number of nitrogens with zero attached hydrogens (tertiary/aromatic N) is 6. The Kier molecular flexibility index (Phi) is 5.56. The molecule has 0 atom stereocenters. The highest BCUT2D eigenvalue weighted by Crippen LogP contribution is 2.35. The molecule has 10 heteroatoms. The van der Waals surface area contributed by atoms with Gasteiger partial charge in [-0.15, -0.1) is 11.3 Å². The standard InChI is InChI=1S/C22H23N7OS2/c1-28(2)21-25-16(24-20(23)27-21)12-31-22-26-18-17(14-10-6-7-11-15(14)32-18)19(30)29(22)13-8-4-3-5-9-13/h3-5,8-9H,6-7,10-12H2,1-2H3,(H2,23,24,25,27). The van der Waals surface area contributed by atoms with Crippen LogP contribution < -0.4 is 16.2 Å². The average molecular weight is 466 g/mol. The summed E-state index contributed by atoms with van der Waals surface area (Å²) in [6.07, 6.45) is 4.27. The van der Waals surface area contributed by atoms with Crippen molar-refractivity contribution in [2.75, 3.05) is 24.7 Å². The van der Waals surface area contributed by atoms with Crippen molar-refractivity contribution >= 4 is 45.2 Å².